The smallest absolute Gasteiger partial charge is 0.124 e. The molecule has 1 N–H and O–H groups in total. The molecule has 2 atom stereocenters. The van der Waals surface area contributed by atoms with Gasteiger partial charge in [-0.15, -0.1) is 13.2 Å². The first-order chi connectivity index (χ1) is 9.61. The first-order valence-electron chi connectivity index (χ1n) is 6.95. The summed E-state index contributed by atoms with van der Waals surface area (Å²) in [6.45, 7) is 12.1. The van der Waals surface area contributed by atoms with Crippen molar-refractivity contribution in [1.82, 2.24) is 0 Å². The molecule has 2 unspecified atom stereocenters. The summed E-state index contributed by atoms with van der Waals surface area (Å²) < 4.78 is 4.90. The highest BCUT2D eigenvalue weighted by Gasteiger charge is 2.27. The Morgan fingerprint density at radius 1 is 1.35 bits per heavy atom. The van der Waals surface area contributed by atoms with Gasteiger partial charge in [0, 0.05) is 11.7 Å². The minimum Gasteiger partial charge on any atom is -0.374 e. The van der Waals surface area contributed by atoms with Crippen LogP contribution in [0.3, 0.4) is 0 Å². The lowest BCUT2D eigenvalue weighted by molar-refractivity contribution is 0.182. The zero-order chi connectivity index (χ0) is 15.0. The van der Waals surface area contributed by atoms with Gasteiger partial charge in [-0.3, -0.25) is 0 Å². The number of anilines is 1. The summed E-state index contributed by atoms with van der Waals surface area (Å²) in [6, 6.07) is 8.70. The number of benzene rings is 1. The Morgan fingerprint density at radius 2 is 1.95 bits per heavy atom. The Balaban J connectivity index is 0.000000246. The number of hydrogen-bond donors (Lipinski definition) is 1. The molecule has 0 radical (unpaired) electrons. The predicted molar refractivity (Wildman–Crippen MR) is 85.0 cm³/mol. The zero-order valence-corrected chi connectivity index (χ0v) is 12.5. The van der Waals surface area contributed by atoms with Crippen molar-refractivity contribution in [2.45, 2.75) is 32.5 Å². The number of para-hydroxylation sites is 1. The van der Waals surface area contributed by atoms with Gasteiger partial charge in [0.2, 0.25) is 0 Å². The van der Waals surface area contributed by atoms with Gasteiger partial charge in [0.1, 0.15) is 6.23 Å². The van der Waals surface area contributed by atoms with Gasteiger partial charge in [-0.05, 0) is 31.9 Å². The average molecular weight is 275 g/mol. The lowest BCUT2D eigenvalue weighted by Crippen LogP contribution is -2.37. The summed E-state index contributed by atoms with van der Waals surface area (Å²) in [6.07, 6.45) is 4.08. The first kappa shape index (κ1) is 16.5. The predicted octanol–water partition coefficient (Wildman–Crippen LogP) is 3.15. The van der Waals surface area contributed by atoms with E-state index in [9.17, 15) is 5.11 Å². The number of aliphatic hydroxyl groups is 1. The molecule has 3 heteroatoms. The number of nitrogens with zero attached hydrogens (tertiary/aromatic N) is 1. The van der Waals surface area contributed by atoms with E-state index in [1.54, 1.807) is 12.2 Å². The molecule has 0 spiro atoms. The van der Waals surface area contributed by atoms with Crippen molar-refractivity contribution in [2.75, 3.05) is 18.1 Å². The van der Waals surface area contributed by atoms with Crippen LogP contribution in [-0.4, -0.2) is 30.6 Å². The standard InChI is InChI=1S/C11H15NO.C6H10O/c1-8-7-10-5-3-4-6-11(10)12(8)9(2)13;1-3-5-7-6-4-2/h3-6,8-9,13H,7H2,1-2H3;3-4H,1-2,5-6H2. The molecular formula is C17H25NO2. The Labute approximate surface area is 122 Å². The maximum atomic E-state index is 9.60. The normalized spacial score (nSPS) is 17.8. The van der Waals surface area contributed by atoms with Crippen LogP contribution < -0.4 is 4.90 Å². The van der Waals surface area contributed by atoms with E-state index in [0.29, 0.717) is 19.3 Å². The van der Waals surface area contributed by atoms with Crippen molar-refractivity contribution in [3.8, 4) is 0 Å². The van der Waals surface area contributed by atoms with Crippen molar-refractivity contribution in [1.29, 1.82) is 0 Å². The van der Waals surface area contributed by atoms with E-state index in [1.165, 1.54) is 11.3 Å². The van der Waals surface area contributed by atoms with E-state index in [2.05, 4.69) is 43.2 Å². The second-order valence-corrected chi connectivity index (χ2v) is 4.84. The second-order valence-electron chi connectivity index (χ2n) is 4.84. The summed E-state index contributed by atoms with van der Waals surface area (Å²) in [5.74, 6) is 0. The Hall–Kier alpha value is -1.58. The van der Waals surface area contributed by atoms with Crippen LogP contribution in [0.1, 0.15) is 19.4 Å². The molecule has 1 aliphatic heterocycles. The van der Waals surface area contributed by atoms with Crippen LogP contribution >= 0.6 is 0 Å². The molecule has 1 aliphatic rings. The molecule has 110 valence electrons. The molecule has 0 bridgehead atoms. The molecule has 0 aromatic heterocycles. The van der Waals surface area contributed by atoms with Crippen LogP contribution in [0.25, 0.3) is 0 Å². The van der Waals surface area contributed by atoms with Crippen LogP contribution in [0.2, 0.25) is 0 Å². The fraction of sp³-hybridized carbons (Fsp3) is 0.412. The van der Waals surface area contributed by atoms with Gasteiger partial charge in [0.15, 0.2) is 0 Å². The second kappa shape index (κ2) is 8.56. The molecule has 0 aliphatic carbocycles. The lowest BCUT2D eigenvalue weighted by atomic mass is 10.1. The monoisotopic (exact) mass is 275 g/mol. The Kier molecular flexibility index (Phi) is 7.05. The Morgan fingerprint density at radius 3 is 2.50 bits per heavy atom. The zero-order valence-electron chi connectivity index (χ0n) is 12.5. The third-order valence-corrected chi connectivity index (χ3v) is 3.13. The third kappa shape index (κ3) is 4.51. The molecule has 0 amide bonds. The largest absolute Gasteiger partial charge is 0.374 e. The highest BCUT2D eigenvalue weighted by atomic mass is 16.5. The number of ether oxygens (including phenoxy) is 1. The van der Waals surface area contributed by atoms with Gasteiger partial charge in [-0.1, -0.05) is 30.4 Å². The highest BCUT2D eigenvalue weighted by molar-refractivity contribution is 5.59. The SMILES string of the molecule is C=CCOCC=C.CC(O)N1c2ccccc2CC1C. The molecule has 2 rings (SSSR count). The van der Waals surface area contributed by atoms with Crippen LogP contribution in [-0.2, 0) is 11.2 Å². The molecule has 3 nitrogen and oxygen atoms in total. The molecular weight excluding hydrogens is 250 g/mol. The van der Waals surface area contributed by atoms with E-state index in [0.717, 1.165) is 6.42 Å². The molecule has 1 aromatic rings. The lowest BCUT2D eigenvalue weighted by Gasteiger charge is -2.27. The van der Waals surface area contributed by atoms with E-state index >= 15 is 0 Å². The number of hydrogen-bond acceptors (Lipinski definition) is 3. The summed E-state index contributed by atoms with van der Waals surface area (Å²) in [7, 11) is 0. The summed E-state index contributed by atoms with van der Waals surface area (Å²) >= 11 is 0. The summed E-state index contributed by atoms with van der Waals surface area (Å²) in [5.41, 5.74) is 2.53. The maximum absolute atomic E-state index is 9.60. The van der Waals surface area contributed by atoms with Crippen molar-refractivity contribution < 1.29 is 9.84 Å². The van der Waals surface area contributed by atoms with E-state index in [1.807, 2.05) is 13.0 Å². The summed E-state index contributed by atoms with van der Waals surface area (Å²) in [5, 5.41) is 9.60. The van der Waals surface area contributed by atoms with Gasteiger partial charge >= 0.3 is 0 Å². The molecule has 0 fully saturated rings. The number of fused-ring (bicyclic) bond motifs is 1. The molecule has 20 heavy (non-hydrogen) atoms. The number of aliphatic hydroxyl groups excluding tert-OH is 1. The van der Waals surface area contributed by atoms with E-state index in [4.69, 9.17) is 4.74 Å². The van der Waals surface area contributed by atoms with Gasteiger partial charge < -0.3 is 14.7 Å². The van der Waals surface area contributed by atoms with Gasteiger partial charge in [0.25, 0.3) is 0 Å². The topological polar surface area (TPSA) is 32.7 Å². The van der Waals surface area contributed by atoms with Crippen LogP contribution in [0, 0.1) is 0 Å². The van der Waals surface area contributed by atoms with Crippen molar-refractivity contribution in [3.63, 3.8) is 0 Å². The van der Waals surface area contributed by atoms with Crippen molar-refractivity contribution in [3.05, 3.63) is 55.1 Å². The van der Waals surface area contributed by atoms with Gasteiger partial charge in [-0.2, -0.15) is 0 Å². The molecule has 1 aromatic carbocycles. The van der Waals surface area contributed by atoms with Crippen molar-refractivity contribution >= 4 is 5.69 Å². The quantitative estimate of drug-likeness (QED) is 0.662. The fourth-order valence-electron chi connectivity index (χ4n) is 2.39. The van der Waals surface area contributed by atoms with Crippen LogP contribution in [0.15, 0.2) is 49.6 Å². The third-order valence-electron chi connectivity index (χ3n) is 3.13. The Bertz CT molecular complexity index is 421. The minimum atomic E-state index is -0.390. The fourth-order valence-corrected chi connectivity index (χ4v) is 2.39. The minimum absolute atomic E-state index is 0.390. The van der Waals surface area contributed by atoms with E-state index < -0.39 is 6.23 Å². The average Bonchev–Trinajstić information content (AvgIpc) is 2.76. The molecule has 0 saturated carbocycles. The van der Waals surface area contributed by atoms with E-state index in [-0.39, 0.29) is 0 Å². The summed E-state index contributed by atoms with van der Waals surface area (Å²) in [4.78, 5) is 2.06. The molecule has 1 heterocycles. The van der Waals surface area contributed by atoms with Crippen molar-refractivity contribution in [2.24, 2.45) is 0 Å². The maximum Gasteiger partial charge on any atom is 0.124 e. The van der Waals surface area contributed by atoms with Gasteiger partial charge in [-0.25, -0.2) is 0 Å². The molecule has 0 saturated heterocycles. The number of rotatable bonds is 5. The van der Waals surface area contributed by atoms with Gasteiger partial charge in [0.05, 0.1) is 13.2 Å². The van der Waals surface area contributed by atoms with Crippen LogP contribution in [0.5, 0.6) is 0 Å². The first-order valence-corrected chi connectivity index (χ1v) is 6.95. The van der Waals surface area contributed by atoms with Crippen LogP contribution in [0.4, 0.5) is 5.69 Å². The highest BCUT2D eigenvalue weighted by Crippen LogP contribution is 2.32.